The lowest BCUT2D eigenvalue weighted by Gasteiger charge is -2.37. The Hall–Kier alpha value is -2.57. The maximum atomic E-state index is 12.5. The third kappa shape index (κ3) is 4.86. The minimum absolute atomic E-state index is 0.0172. The summed E-state index contributed by atoms with van der Waals surface area (Å²) in [6.45, 7) is 8.83. The van der Waals surface area contributed by atoms with Crippen LogP contribution in [0.4, 0.5) is 11.4 Å². The van der Waals surface area contributed by atoms with Crippen LogP contribution in [0.2, 0.25) is 0 Å². The van der Waals surface area contributed by atoms with E-state index >= 15 is 0 Å². The molecule has 31 heavy (non-hydrogen) atoms. The second-order valence-corrected chi connectivity index (χ2v) is 8.96. The van der Waals surface area contributed by atoms with E-state index in [0.717, 1.165) is 68.1 Å². The Morgan fingerprint density at radius 1 is 1.00 bits per heavy atom. The van der Waals surface area contributed by atoms with Crippen molar-refractivity contribution >= 4 is 17.3 Å². The van der Waals surface area contributed by atoms with E-state index in [1.807, 2.05) is 43.0 Å². The predicted octanol–water partition coefficient (Wildman–Crippen LogP) is 3.18. The molecule has 0 aromatic heterocycles. The number of aliphatic hydroxyl groups is 1. The summed E-state index contributed by atoms with van der Waals surface area (Å²) in [5.74, 6) is 0.435. The van der Waals surface area contributed by atoms with Gasteiger partial charge in [0.15, 0.2) is 0 Å². The molecule has 0 radical (unpaired) electrons. The number of amides is 1. The van der Waals surface area contributed by atoms with Gasteiger partial charge >= 0.3 is 0 Å². The lowest BCUT2D eigenvalue weighted by molar-refractivity contribution is -0.121. The van der Waals surface area contributed by atoms with E-state index in [0.29, 0.717) is 6.54 Å². The first-order chi connectivity index (χ1) is 14.9. The molecule has 0 aliphatic carbocycles. The Balaban J connectivity index is 1.37. The number of phenolic OH excluding ortho intramolecular Hbond substituents is 1. The monoisotopic (exact) mass is 423 g/mol. The fraction of sp³-hybridized carbons (Fsp3) is 0.480. The van der Waals surface area contributed by atoms with Gasteiger partial charge in [-0.25, -0.2) is 0 Å². The fourth-order valence-corrected chi connectivity index (χ4v) is 4.57. The highest BCUT2D eigenvalue weighted by molar-refractivity contribution is 5.95. The maximum Gasteiger partial charge on any atom is 0.229 e. The van der Waals surface area contributed by atoms with Gasteiger partial charge in [-0.2, -0.15) is 0 Å². The lowest BCUT2D eigenvalue weighted by Crippen LogP contribution is -2.47. The number of aliphatic hydroxyl groups excluding tert-OH is 1. The van der Waals surface area contributed by atoms with Gasteiger partial charge in [-0.05, 0) is 54.3 Å². The van der Waals surface area contributed by atoms with Crippen molar-refractivity contribution in [1.82, 2.24) is 4.90 Å². The molecular formula is C25H33N3O3. The minimum Gasteiger partial charge on any atom is -0.508 e. The van der Waals surface area contributed by atoms with Crippen molar-refractivity contribution in [2.24, 2.45) is 5.92 Å². The third-order valence-corrected chi connectivity index (χ3v) is 6.39. The number of hydrogen-bond donors (Lipinski definition) is 2. The van der Waals surface area contributed by atoms with Crippen LogP contribution in [0.3, 0.4) is 0 Å². The summed E-state index contributed by atoms with van der Waals surface area (Å²) in [5, 5.41) is 20.4. The second kappa shape index (κ2) is 9.28. The van der Waals surface area contributed by atoms with Crippen LogP contribution in [-0.2, 0) is 11.2 Å². The molecule has 0 saturated carbocycles. The molecule has 1 fully saturated rings. The van der Waals surface area contributed by atoms with Gasteiger partial charge in [0.05, 0.1) is 6.10 Å². The number of β-amino-alcohol motifs (C(OH)–C–C–N with tert-alkyl or cyclic N) is 1. The Bertz CT molecular complexity index is 905. The number of carbonyl (C=O) groups is 1. The molecule has 6 nitrogen and oxygen atoms in total. The van der Waals surface area contributed by atoms with Crippen LogP contribution in [0.15, 0.2) is 42.5 Å². The number of fused-ring (bicyclic) bond motifs is 1. The van der Waals surface area contributed by atoms with Crippen LogP contribution in [0.5, 0.6) is 5.75 Å². The van der Waals surface area contributed by atoms with Crippen LogP contribution in [-0.4, -0.2) is 60.3 Å². The van der Waals surface area contributed by atoms with Gasteiger partial charge in [-0.3, -0.25) is 9.69 Å². The maximum absolute atomic E-state index is 12.5. The van der Waals surface area contributed by atoms with Crippen LogP contribution in [0, 0.1) is 5.92 Å². The normalized spacial score (nSPS) is 18.2. The van der Waals surface area contributed by atoms with Crippen molar-refractivity contribution in [3.63, 3.8) is 0 Å². The summed E-state index contributed by atoms with van der Waals surface area (Å²) in [5.41, 5.74) is 4.21. The number of benzene rings is 2. The van der Waals surface area contributed by atoms with Crippen LogP contribution in [0.25, 0.3) is 0 Å². The molecule has 2 N–H and O–H groups in total. The quantitative estimate of drug-likeness (QED) is 0.773. The number of carbonyl (C=O) groups excluding carboxylic acids is 1. The van der Waals surface area contributed by atoms with E-state index in [-0.39, 0.29) is 17.6 Å². The van der Waals surface area contributed by atoms with Crippen molar-refractivity contribution in [1.29, 1.82) is 0 Å². The first-order valence-electron chi connectivity index (χ1n) is 11.3. The number of nitrogens with zero attached hydrogens (tertiary/aromatic N) is 3. The standard InChI is InChI=1S/C25H33N3O3/c1-18(2)25(31)28-11-3-4-19-16-20(5-10-23(19)28)24(30)17-26-12-14-27(15-13-26)21-6-8-22(29)9-7-21/h5-10,16,18,24,29-30H,3-4,11-15,17H2,1-2H3. The molecule has 2 aliphatic heterocycles. The predicted molar refractivity (Wildman–Crippen MR) is 124 cm³/mol. The van der Waals surface area contributed by atoms with Crippen molar-refractivity contribution < 1.29 is 15.0 Å². The number of aromatic hydroxyl groups is 1. The molecule has 1 atom stereocenters. The molecule has 2 aromatic rings. The third-order valence-electron chi connectivity index (χ3n) is 6.39. The average molecular weight is 424 g/mol. The average Bonchev–Trinajstić information content (AvgIpc) is 2.78. The van der Waals surface area contributed by atoms with Crippen molar-refractivity contribution in [2.45, 2.75) is 32.8 Å². The molecule has 4 rings (SSSR count). The number of rotatable bonds is 5. The summed E-state index contributed by atoms with van der Waals surface area (Å²) in [6.07, 6.45) is 1.37. The SMILES string of the molecule is CC(C)C(=O)N1CCCc2cc(C(O)CN3CCN(c4ccc(O)cc4)CC3)ccc21. The van der Waals surface area contributed by atoms with Gasteiger partial charge in [0, 0.05) is 56.6 Å². The van der Waals surface area contributed by atoms with Gasteiger partial charge in [-0.15, -0.1) is 0 Å². The Kier molecular flexibility index (Phi) is 6.49. The van der Waals surface area contributed by atoms with Gasteiger partial charge in [0.25, 0.3) is 0 Å². The number of aryl methyl sites for hydroxylation is 1. The van der Waals surface area contributed by atoms with E-state index in [9.17, 15) is 15.0 Å². The molecule has 6 heteroatoms. The van der Waals surface area contributed by atoms with E-state index < -0.39 is 6.10 Å². The topological polar surface area (TPSA) is 67.3 Å². The van der Waals surface area contributed by atoms with E-state index in [4.69, 9.17) is 0 Å². The summed E-state index contributed by atoms with van der Waals surface area (Å²) < 4.78 is 0. The molecule has 166 valence electrons. The Labute approximate surface area is 184 Å². The van der Waals surface area contributed by atoms with E-state index in [1.54, 1.807) is 12.1 Å². The lowest BCUT2D eigenvalue weighted by atomic mass is 9.96. The molecule has 1 amide bonds. The largest absolute Gasteiger partial charge is 0.508 e. The van der Waals surface area contributed by atoms with Gasteiger partial charge in [0.1, 0.15) is 5.75 Å². The zero-order chi connectivity index (χ0) is 22.0. The second-order valence-electron chi connectivity index (χ2n) is 8.96. The minimum atomic E-state index is -0.540. The molecular weight excluding hydrogens is 390 g/mol. The highest BCUT2D eigenvalue weighted by Crippen LogP contribution is 2.31. The van der Waals surface area contributed by atoms with Gasteiger partial charge in [0.2, 0.25) is 5.91 Å². The molecule has 0 bridgehead atoms. The zero-order valence-corrected chi connectivity index (χ0v) is 18.5. The number of phenols is 1. The number of hydrogen-bond acceptors (Lipinski definition) is 5. The highest BCUT2D eigenvalue weighted by Gasteiger charge is 2.26. The summed E-state index contributed by atoms with van der Waals surface area (Å²) in [6, 6.07) is 13.4. The Morgan fingerprint density at radius 2 is 1.71 bits per heavy atom. The first kappa shape index (κ1) is 21.7. The molecule has 1 saturated heterocycles. The van der Waals surface area contributed by atoms with Crippen molar-refractivity contribution in [3.05, 3.63) is 53.6 Å². The van der Waals surface area contributed by atoms with Crippen LogP contribution in [0.1, 0.15) is 37.5 Å². The number of anilines is 2. The summed E-state index contributed by atoms with van der Waals surface area (Å²) in [7, 11) is 0. The molecule has 0 spiro atoms. The fourth-order valence-electron chi connectivity index (χ4n) is 4.57. The molecule has 2 heterocycles. The smallest absolute Gasteiger partial charge is 0.229 e. The zero-order valence-electron chi connectivity index (χ0n) is 18.5. The molecule has 2 aromatic carbocycles. The van der Waals surface area contributed by atoms with Gasteiger partial charge < -0.3 is 20.0 Å². The van der Waals surface area contributed by atoms with Crippen molar-refractivity contribution in [2.75, 3.05) is 49.1 Å². The first-order valence-corrected chi connectivity index (χ1v) is 11.3. The Morgan fingerprint density at radius 3 is 2.39 bits per heavy atom. The van der Waals surface area contributed by atoms with E-state index in [2.05, 4.69) is 15.9 Å². The molecule has 2 aliphatic rings. The van der Waals surface area contributed by atoms with Crippen LogP contribution >= 0.6 is 0 Å². The number of piperazine rings is 1. The highest BCUT2D eigenvalue weighted by atomic mass is 16.3. The molecule has 1 unspecified atom stereocenters. The summed E-state index contributed by atoms with van der Waals surface area (Å²) >= 11 is 0. The summed E-state index contributed by atoms with van der Waals surface area (Å²) in [4.78, 5) is 19.1. The van der Waals surface area contributed by atoms with Gasteiger partial charge in [-0.1, -0.05) is 26.0 Å². The van der Waals surface area contributed by atoms with Crippen LogP contribution < -0.4 is 9.80 Å². The van der Waals surface area contributed by atoms with Crippen molar-refractivity contribution in [3.8, 4) is 5.75 Å². The van der Waals surface area contributed by atoms with E-state index in [1.165, 1.54) is 0 Å².